The lowest BCUT2D eigenvalue weighted by Gasteiger charge is -2.13. The standard InChI is InChI=1S/C17H14FN3O2S3/c18-12-5-2-1-4-11(12)10-13-15(23)21(17(24)26-13)8-3-6-14(22)20-16-19-7-9-25-16/h1-2,4-5,7,9-10H,3,6,8H2,(H,19,20,22)/b13-10-. The van der Waals surface area contributed by atoms with E-state index in [0.717, 1.165) is 11.8 Å². The zero-order chi connectivity index (χ0) is 18.5. The molecule has 0 aliphatic carbocycles. The molecular formula is C17H14FN3O2S3. The van der Waals surface area contributed by atoms with Crippen molar-refractivity contribution < 1.29 is 14.0 Å². The molecular weight excluding hydrogens is 393 g/mol. The highest BCUT2D eigenvalue weighted by molar-refractivity contribution is 8.26. The summed E-state index contributed by atoms with van der Waals surface area (Å²) in [6, 6.07) is 6.24. The number of hydrogen-bond acceptors (Lipinski definition) is 6. The minimum absolute atomic E-state index is 0.160. The fourth-order valence-corrected chi connectivity index (χ4v) is 4.14. The number of thiazole rings is 1. The summed E-state index contributed by atoms with van der Waals surface area (Å²) in [6.45, 7) is 0.338. The number of hydrogen-bond donors (Lipinski definition) is 1. The van der Waals surface area contributed by atoms with E-state index in [-0.39, 0.29) is 18.2 Å². The molecule has 1 aliphatic rings. The third kappa shape index (κ3) is 4.54. The van der Waals surface area contributed by atoms with E-state index in [1.54, 1.807) is 29.8 Å². The number of rotatable bonds is 6. The monoisotopic (exact) mass is 407 g/mol. The summed E-state index contributed by atoms with van der Waals surface area (Å²) >= 11 is 7.73. The van der Waals surface area contributed by atoms with E-state index in [4.69, 9.17) is 12.2 Å². The zero-order valence-corrected chi connectivity index (χ0v) is 15.9. The predicted molar refractivity (Wildman–Crippen MR) is 106 cm³/mol. The molecule has 1 fully saturated rings. The van der Waals surface area contributed by atoms with Crippen LogP contribution in [0.1, 0.15) is 18.4 Å². The Kier molecular flexibility index (Phi) is 6.12. The maximum atomic E-state index is 13.8. The van der Waals surface area contributed by atoms with Gasteiger partial charge in [0.25, 0.3) is 5.91 Å². The molecule has 1 aromatic carbocycles. The predicted octanol–water partition coefficient (Wildman–Crippen LogP) is 3.90. The van der Waals surface area contributed by atoms with E-state index in [0.29, 0.717) is 32.9 Å². The maximum Gasteiger partial charge on any atom is 0.266 e. The summed E-state index contributed by atoms with van der Waals surface area (Å²) in [6.07, 6.45) is 3.84. The van der Waals surface area contributed by atoms with Gasteiger partial charge in [-0.15, -0.1) is 11.3 Å². The van der Waals surface area contributed by atoms with Gasteiger partial charge < -0.3 is 5.32 Å². The molecule has 1 N–H and O–H groups in total. The van der Waals surface area contributed by atoms with Gasteiger partial charge in [-0.3, -0.25) is 14.5 Å². The Morgan fingerprint density at radius 3 is 2.92 bits per heavy atom. The van der Waals surface area contributed by atoms with Gasteiger partial charge in [0.05, 0.1) is 4.91 Å². The van der Waals surface area contributed by atoms with Gasteiger partial charge in [-0.05, 0) is 18.6 Å². The number of amides is 2. The third-order valence-corrected chi connectivity index (χ3v) is 5.60. The first-order valence-electron chi connectivity index (χ1n) is 7.74. The fraction of sp³-hybridized carbons (Fsp3) is 0.176. The highest BCUT2D eigenvalue weighted by Crippen LogP contribution is 2.33. The molecule has 0 bridgehead atoms. The lowest BCUT2D eigenvalue weighted by Crippen LogP contribution is -2.29. The number of benzene rings is 1. The Bertz CT molecular complexity index is 868. The van der Waals surface area contributed by atoms with Crippen molar-refractivity contribution in [2.45, 2.75) is 12.8 Å². The van der Waals surface area contributed by atoms with Crippen LogP contribution in [0.15, 0.2) is 40.7 Å². The summed E-state index contributed by atoms with van der Waals surface area (Å²) in [7, 11) is 0. The van der Waals surface area contributed by atoms with E-state index in [1.807, 2.05) is 0 Å². The normalized spacial score (nSPS) is 15.7. The summed E-state index contributed by atoms with van der Waals surface area (Å²) in [5, 5.41) is 5.02. The number of thioether (sulfide) groups is 1. The molecule has 2 heterocycles. The summed E-state index contributed by atoms with van der Waals surface area (Å²) in [4.78, 5) is 30.1. The Balaban J connectivity index is 1.56. The van der Waals surface area contributed by atoms with Crippen LogP contribution in [0.3, 0.4) is 0 Å². The molecule has 1 aromatic heterocycles. The molecule has 0 spiro atoms. The molecule has 0 unspecified atom stereocenters. The van der Waals surface area contributed by atoms with Crippen molar-refractivity contribution in [1.29, 1.82) is 0 Å². The van der Waals surface area contributed by atoms with E-state index >= 15 is 0 Å². The van der Waals surface area contributed by atoms with Crippen molar-refractivity contribution in [2.24, 2.45) is 0 Å². The lowest BCUT2D eigenvalue weighted by molar-refractivity contribution is -0.122. The minimum Gasteiger partial charge on any atom is -0.302 e. The Morgan fingerprint density at radius 1 is 1.38 bits per heavy atom. The van der Waals surface area contributed by atoms with Crippen LogP contribution in [0.2, 0.25) is 0 Å². The first-order chi connectivity index (χ1) is 12.5. The molecule has 9 heteroatoms. The van der Waals surface area contributed by atoms with Crippen LogP contribution in [0, 0.1) is 5.82 Å². The number of halogens is 1. The molecule has 0 saturated carbocycles. The van der Waals surface area contributed by atoms with Crippen LogP contribution in [-0.2, 0) is 9.59 Å². The van der Waals surface area contributed by atoms with Crippen LogP contribution < -0.4 is 5.32 Å². The van der Waals surface area contributed by atoms with Gasteiger partial charge in [-0.1, -0.05) is 42.2 Å². The molecule has 26 heavy (non-hydrogen) atoms. The first-order valence-corrected chi connectivity index (χ1v) is 9.84. The van der Waals surface area contributed by atoms with Gasteiger partial charge in [-0.25, -0.2) is 9.37 Å². The van der Waals surface area contributed by atoms with E-state index in [9.17, 15) is 14.0 Å². The van der Waals surface area contributed by atoms with Crippen molar-refractivity contribution in [2.75, 3.05) is 11.9 Å². The molecule has 0 radical (unpaired) electrons. The highest BCUT2D eigenvalue weighted by Gasteiger charge is 2.31. The van der Waals surface area contributed by atoms with Gasteiger partial charge in [0.15, 0.2) is 5.13 Å². The van der Waals surface area contributed by atoms with Crippen molar-refractivity contribution >= 4 is 62.7 Å². The quantitative estimate of drug-likeness (QED) is 0.581. The summed E-state index contributed by atoms with van der Waals surface area (Å²) < 4.78 is 14.2. The molecule has 5 nitrogen and oxygen atoms in total. The average molecular weight is 408 g/mol. The number of carbonyl (C=O) groups excluding carboxylic acids is 2. The number of carbonyl (C=O) groups is 2. The number of nitrogens with one attached hydrogen (secondary N) is 1. The van der Waals surface area contributed by atoms with Gasteiger partial charge in [0, 0.05) is 30.1 Å². The van der Waals surface area contributed by atoms with E-state index < -0.39 is 5.82 Å². The summed E-state index contributed by atoms with van der Waals surface area (Å²) in [5.41, 5.74) is 0.343. The second kappa shape index (κ2) is 8.52. The number of aromatic nitrogens is 1. The van der Waals surface area contributed by atoms with Gasteiger partial charge in [-0.2, -0.15) is 0 Å². The SMILES string of the molecule is O=C(CCCN1C(=O)/C(=C/c2ccccc2F)SC1=S)Nc1nccs1. The van der Waals surface area contributed by atoms with Crippen LogP contribution in [0.25, 0.3) is 6.08 Å². The number of thiocarbonyl (C=S) groups is 1. The Labute approximate surface area is 163 Å². The Morgan fingerprint density at radius 2 is 2.19 bits per heavy atom. The van der Waals surface area contributed by atoms with Gasteiger partial charge in [0.1, 0.15) is 10.1 Å². The lowest BCUT2D eigenvalue weighted by atomic mass is 10.2. The van der Waals surface area contributed by atoms with Gasteiger partial charge >= 0.3 is 0 Å². The second-order valence-electron chi connectivity index (χ2n) is 5.34. The molecule has 2 amide bonds. The molecule has 134 valence electrons. The highest BCUT2D eigenvalue weighted by atomic mass is 32.2. The largest absolute Gasteiger partial charge is 0.302 e. The first kappa shape index (κ1) is 18.7. The van der Waals surface area contributed by atoms with Crippen molar-refractivity contribution in [3.05, 3.63) is 52.1 Å². The van der Waals surface area contributed by atoms with Gasteiger partial charge in [0.2, 0.25) is 5.91 Å². The third-order valence-electron chi connectivity index (χ3n) is 3.53. The fourth-order valence-electron chi connectivity index (χ4n) is 2.29. The molecule has 1 aliphatic heterocycles. The van der Waals surface area contributed by atoms with Crippen molar-refractivity contribution in [3.8, 4) is 0 Å². The molecule has 3 rings (SSSR count). The smallest absolute Gasteiger partial charge is 0.266 e. The van der Waals surface area contributed by atoms with Crippen molar-refractivity contribution in [1.82, 2.24) is 9.88 Å². The van der Waals surface area contributed by atoms with E-state index in [1.165, 1.54) is 28.4 Å². The summed E-state index contributed by atoms with van der Waals surface area (Å²) in [5.74, 6) is -0.812. The molecule has 2 aromatic rings. The second-order valence-corrected chi connectivity index (χ2v) is 7.91. The topological polar surface area (TPSA) is 62.3 Å². The zero-order valence-electron chi connectivity index (χ0n) is 13.5. The minimum atomic E-state index is -0.392. The van der Waals surface area contributed by atoms with Crippen LogP contribution in [0.4, 0.5) is 9.52 Å². The average Bonchev–Trinajstić information content (AvgIpc) is 3.20. The molecule has 0 atom stereocenters. The van der Waals surface area contributed by atoms with Crippen LogP contribution >= 0.6 is 35.3 Å². The molecule has 1 saturated heterocycles. The van der Waals surface area contributed by atoms with E-state index in [2.05, 4.69) is 10.3 Å². The Hall–Kier alpha value is -2.10. The van der Waals surface area contributed by atoms with Crippen LogP contribution in [0.5, 0.6) is 0 Å². The van der Waals surface area contributed by atoms with Crippen LogP contribution in [-0.4, -0.2) is 32.6 Å². The maximum absolute atomic E-state index is 13.8. The number of nitrogens with zero attached hydrogens (tertiary/aromatic N) is 2. The number of anilines is 1. The van der Waals surface area contributed by atoms with Crippen molar-refractivity contribution in [3.63, 3.8) is 0 Å².